The molecule has 0 aliphatic heterocycles. The number of anilines is 1. The van der Waals surface area contributed by atoms with Crippen LogP contribution in [-0.2, 0) is 4.74 Å². The van der Waals surface area contributed by atoms with Gasteiger partial charge < -0.3 is 9.94 Å². The fraction of sp³-hybridized carbons (Fsp3) is 0.400. The van der Waals surface area contributed by atoms with Crippen LogP contribution < -0.4 is 5.32 Å². The molecule has 0 spiro atoms. The van der Waals surface area contributed by atoms with E-state index in [2.05, 4.69) is 20.4 Å². The lowest BCUT2D eigenvalue weighted by Gasteiger charge is -2.19. The van der Waals surface area contributed by atoms with E-state index in [1.54, 1.807) is 20.8 Å². The molecular weight excluding hydrogens is 224 g/mol. The van der Waals surface area contributed by atoms with Crippen LogP contribution >= 0.6 is 0 Å². The summed E-state index contributed by atoms with van der Waals surface area (Å²) in [5.74, 6) is 0.268. The van der Waals surface area contributed by atoms with Crippen LogP contribution in [0.2, 0.25) is 0 Å². The first-order chi connectivity index (χ1) is 7.90. The molecule has 0 aliphatic carbocycles. The van der Waals surface area contributed by atoms with E-state index in [0.717, 1.165) is 6.21 Å². The molecule has 0 unspecified atom stereocenters. The first kappa shape index (κ1) is 12.9. The lowest BCUT2D eigenvalue weighted by molar-refractivity contribution is 0.0635. The number of hydrogen-bond donors (Lipinski definition) is 2. The summed E-state index contributed by atoms with van der Waals surface area (Å²) in [5.41, 5.74) is -0.208. The zero-order valence-corrected chi connectivity index (χ0v) is 9.84. The van der Waals surface area contributed by atoms with Crippen LogP contribution in [0, 0.1) is 0 Å². The number of nitrogens with one attached hydrogen (secondary N) is 1. The molecule has 0 aromatic carbocycles. The van der Waals surface area contributed by atoms with Crippen LogP contribution in [0.3, 0.4) is 0 Å². The number of amides is 1. The minimum Gasteiger partial charge on any atom is -0.444 e. The van der Waals surface area contributed by atoms with Crippen molar-refractivity contribution >= 4 is 18.1 Å². The van der Waals surface area contributed by atoms with Crippen molar-refractivity contribution in [3.8, 4) is 0 Å². The highest BCUT2D eigenvalue weighted by molar-refractivity contribution is 5.85. The van der Waals surface area contributed by atoms with Gasteiger partial charge in [-0.1, -0.05) is 5.16 Å². The highest BCUT2D eigenvalue weighted by Crippen LogP contribution is 2.09. The highest BCUT2D eigenvalue weighted by atomic mass is 16.6. The minimum absolute atomic E-state index is 0.268. The van der Waals surface area contributed by atoms with Crippen molar-refractivity contribution in [2.75, 3.05) is 5.32 Å². The predicted molar refractivity (Wildman–Crippen MR) is 61.3 cm³/mol. The van der Waals surface area contributed by atoms with Crippen molar-refractivity contribution in [2.45, 2.75) is 26.4 Å². The third kappa shape index (κ3) is 4.92. The molecule has 0 atom stereocenters. The average Bonchev–Trinajstić information content (AvgIpc) is 2.15. The third-order valence-electron chi connectivity index (χ3n) is 1.51. The monoisotopic (exact) mass is 238 g/mol. The largest absolute Gasteiger partial charge is 0.444 e. The van der Waals surface area contributed by atoms with Crippen LogP contribution in [0.4, 0.5) is 10.6 Å². The van der Waals surface area contributed by atoms with Gasteiger partial charge in [-0.05, 0) is 20.8 Å². The van der Waals surface area contributed by atoms with Crippen molar-refractivity contribution in [1.82, 2.24) is 9.97 Å². The lowest BCUT2D eigenvalue weighted by Crippen LogP contribution is -2.27. The molecule has 0 saturated carbocycles. The molecule has 0 fully saturated rings. The fourth-order valence-corrected chi connectivity index (χ4v) is 0.979. The summed E-state index contributed by atoms with van der Waals surface area (Å²) in [7, 11) is 0. The Labute approximate surface area is 98.5 Å². The summed E-state index contributed by atoms with van der Waals surface area (Å²) < 4.78 is 5.05. The second kappa shape index (κ2) is 5.24. The molecule has 92 valence electrons. The number of aromatic nitrogens is 2. The average molecular weight is 238 g/mol. The van der Waals surface area contributed by atoms with Crippen molar-refractivity contribution in [1.29, 1.82) is 0 Å². The molecule has 1 aromatic rings. The van der Waals surface area contributed by atoms with E-state index in [4.69, 9.17) is 9.94 Å². The van der Waals surface area contributed by atoms with Gasteiger partial charge in [0.2, 0.25) is 0 Å². The number of carbonyl (C=O) groups excluding carboxylic acids is 1. The topological polar surface area (TPSA) is 96.7 Å². The van der Waals surface area contributed by atoms with Crippen LogP contribution in [0.25, 0.3) is 0 Å². The number of rotatable bonds is 2. The van der Waals surface area contributed by atoms with Crippen molar-refractivity contribution in [3.63, 3.8) is 0 Å². The normalized spacial score (nSPS) is 11.5. The Bertz CT molecular complexity index is 426. The van der Waals surface area contributed by atoms with Gasteiger partial charge in [0, 0.05) is 6.07 Å². The molecule has 2 N–H and O–H groups in total. The van der Waals surface area contributed by atoms with Gasteiger partial charge in [0.05, 0.1) is 11.9 Å². The molecule has 1 heterocycles. The Morgan fingerprint density at radius 2 is 2.24 bits per heavy atom. The Morgan fingerprint density at radius 3 is 2.82 bits per heavy atom. The summed E-state index contributed by atoms with van der Waals surface area (Å²) in [6.07, 6.45) is 1.76. The predicted octanol–water partition coefficient (Wildman–Crippen LogP) is 1.63. The second-order valence-electron chi connectivity index (χ2n) is 4.20. The van der Waals surface area contributed by atoms with E-state index >= 15 is 0 Å². The smallest absolute Gasteiger partial charge is 0.413 e. The fourth-order valence-electron chi connectivity index (χ4n) is 0.979. The van der Waals surface area contributed by atoms with Crippen LogP contribution in [0.1, 0.15) is 26.5 Å². The van der Waals surface area contributed by atoms with Gasteiger partial charge in [0.25, 0.3) is 0 Å². The van der Waals surface area contributed by atoms with E-state index in [0.29, 0.717) is 5.69 Å². The van der Waals surface area contributed by atoms with E-state index in [1.807, 2.05) is 0 Å². The summed E-state index contributed by atoms with van der Waals surface area (Å²) in [6, 6.07) is 1.45. The maximum absolute atomic E-state index is 11.4. The van der Waals surface area contributed by atoms with E-state index in [9.17, 15) is 4.79 Å². The number of nitrogens with zero attached hydrogens (tertiary/aromatic N) is 3. The number of carbonyl (C=O) groups is 1. The molecule has 0 radical (unpaired) electrons. The van der Waals surface area contributed by atoms with Crippen molar-refractivity contribution < 1.29 is 14.7 Å². The second-order valence-corrected chi connectivity index (χ2v) is 4.20. The Kier molecular flexibility index (Phi) is 3.97. The zero-order chi connectivity index (χ0) is 12.9. The SMILES string of the molecule is CC(C)(C)OC(=O)Nc1cc(C=NO)ncn1. The molecule has 17 heavy (non-hydrogen) atoms. The van der Waals surface area contributed by atoms with E-state index in [1.165, 1.54) is 12.4 Å². The lowest BCUT2D eigenvalue weighted by atomic mass is 10.2. The van der Waals surface area contributed by atoms with Gasteiger partial charge in [-0.25, -0.2) is 14.8 Å². The maximum Gasteiger partial charge on any atom is 0.413 e. The first-order valence-electron chi connectivity index (χ1n) is 4.90. The van der Waals surface area contributed by atoms with Gasteiger partial charge >= 0.3 is 6.09 Å². The van der Waals surface area contributed by atoms with Gasteiger partial charge in [0.1, 0.15) is 17.7 Å². The van der Waals surface area contributed by atoms with Gasteiger partial charge in [0.15, 0.2) is 0 Å². The molecule has 0 aliphatic rings. The summed E-state index contributed by atoms with van der Waals surface area (Å²) in [4.78, 5) is 19.0. The van der Waals surface area contributed by atoms with Gasteiger partial charge in [-0.3, -0.25) is 5.32 Å². The summed E-state index contributed by atoms with van der Waals surface area (Å²) in [5, 5.41) is 13.6. The van der Waals surface area contributed by atoms with Gasteiger partial charge in [-0.2, -0.15) is 0 Å². The molecule has 0 bridgehead atoms. The summed E-state index contributed by atoms with van der Waals surface area (Å²) >= 11 is 0. The van der Waals surface area contributed by atoms with E-state index < -0.39 is 11.7 Å². The molecule has 7 heteroatoms. The van der Waals surface area contributed by atoms with Crippen LogP contribution in [0.5, 0.6) is 0 Å². The standard InChI is InChI=1S/C10H14N4O3/c1-10(2,3)17-9(15)14-8-4-7(5-13-16)11-6-12-8/h4-6,16H,1-3H3,(H,11,12,14,15). The Balaban J connectivity index is 2.68. The van der Waals surface area contributed by atoms with Crippen LogP contribution in [-0.4, -0.2) is 33.1 Å². The molecule has 0 saturated heterocycles. The number of ether oxygens (including phenoxy) is 1. The van der Waals surface area contributed by atoms with Crippen LogP contribution in [0.15, 0.2) is 17.5 Å². The highest BCUT2D eigenvalue weighted by Gasteiger charge is 2.16. The van der Waals surface area contributed by atoms with Crippen molar-refractivity contribution in [3.05, 3.63) is 18.1 Å². The maximum atomic E-state index is 11.4. The minimum atomic E-state index is -0.608. The zero-order valence-electron chi connectivity index (χ0n) is 9.84. The molecule has 7 nitrogen and oxygen atoms in total. The summed E-state index contributed by atoms with van der Waals surface area (Å²) in [6.45, 7) is 5.28. The number of hydrogen-bond acceptors (Lipinski definition) is 6. The van der Waals surface area contributed by atoms with Gasteiger partial charge in [-0.15, -0.1) is 0 Å². The number of oxime groups is 1. The molecular formula is C10H14N4O3. The van der Waals surface area contributed by atoms with E-state index in [-0.39, 0.29) is 5.82 Å². The van der Waals surface area contributed by atoms with Crippen molar-refractivity contribution in [2.24, 2.45) is 5.16 Å². The molecule has 1 aromatic heterocycles. The Morgan fingerprint density at radius 1 is 1.53 bits per heavy atom. The molecule has 1 rings (SSSR count). The quantitative estimate of drug-likeness (QED) is 0.463. The Hall–Kier alpha value is -2.18. The molecule has 1 amide bonds. The first-order valence-corrected chi connectivity index (χ1v) is 4.90. The third-order valence-corrected chi connectivity index (χ3v) is 1.51.